The van der Waals surface area contributed by atoms with Gasteiger partial charge in [0.1, 0.15) is 0 Å². The average Bonchev–Trinajstić information content (AvgIpc) is 2.94. The normalized spacial score (nSPS) is 17.5. The van der Waals surface area contributed by atoms with E-state index in [-0.39, 0.29) is 16.0 Å². The molecule has 0 spiro atoms. The van der Waals surface area contributed by atoms with Gasteiger partial charge in [0.15, 0.2) is 0 Å². The largest absolute Gasteiger partial charge is 0.324 e. The second kappa shape index (κ2) is 6.36. The van der Waals surface area contributed by atoms with Crippen LogP contribution in [0.1, 0.15) is 23.6 Å². The van der Waals surface area contributed by atoms with E-state index in [9.17, 15) is 10.1 Å². The SMILES string of the molecule is O=[N+]([O-])c1cc(CNC2CCSc3ccc(Cl)cc32)cs1. The number of benzene rings is 1. The van der Waals surface area contributed by atoms with Gasteiger partial charge in [0.25, 0.3) is 0 Å². The number of nitrogens with zero attached hydrogens (tertiary/aromatic N) is 1. The number of nitro groups is 1. The van der Waals surface area contributed by atoms with Crippen molar-refractivity contribution in [1.29, 1.82) is 0 Å². The van der Waals surface area contributed by atoms with Crippen LogP contribution >= 0.6 is 34.7 Å². The smallest absolute Gasteiger partial charge is 0.306 e. The molecule has 0 saturated carbocycles. The van der Waals surface area contributed by atoms with E-state index in [2.05, 4.69) is 11.4 Å². The average molecular weight is 341 g/mol. The van der Waals surface area contributed by atoms with Gasteiger partial charge in [-0.1, -0.05) is 22.9 Å². The van der Waals surface area contributed by atoms with Gasteiger partial charge < -0.3 is 5.32 Å². The Morgan fingerprint density at radius 1 is 1.43 bits per heavy atom. The Hall–Kier alpha value is -1.08. The first-order chi connectivity index (χ1) is 10.1. The van der Waals surface area contributed by atoms with Gasteiger partial charge in [-0.3, -0.25) is 10.1 Å². The molecule has 0 saturated heterocycles. The summed E-state index contributed by atoms with van der Waals surface area (Å²) in [5.74, 6) is 1.07. The van der Waals surface area contributed by atoms with Crippen LogP contribution in [0, 0.1) is 10.1 Å². The number of fused-ring (bicyclic) bond motifs is 1. The highest BCUT2D eigenvalue weighted by Gasteiger charge is 2.21. The van der Waals surface area contributed by atoms with Crippen molar-refractivity contribution in [2.45, 2.75) is 23.9 Å². The lowest BCUT2D eigenvalue weighted by Crippen LogP contribution is -2.24. The van der Waals surface area contributed by atoms with Crippen LogP contribution in [0.25, 0.3) is 0 Å². The quantitative estimate of drug-likeness (QED) is 0.651. The lowest BCUT2D eigenvalue weighted by molar-refractivity contribution is -0.380. The summed E-state index contributed by atoms with van der Waals surface area (Å²) in [4.78, 5) is 11.6. The first-order valence-electron chi connectivity index (χ1n) is 6.51. The number of nitrogens with one attached hydrogen (secondary N) is 1. The van der Waals surface area contributed by atoms with Crippen LogP contribution in [-0.2, 0) is 6.54 Å². The molecular formula is C14H13ClN2O2S2. The van der Waals surface area contributed by atoms with Crippen LogP contribution in [0.4, 0.5) is 5.00 Å². The van der Waals surface area contributed by atoms with E-state index < -0.39 is 0 Å². The molecule has 3 rings (SSSR count). The molecule has 4 nitrogen and oxygen atoms in total. The van der Waals surface area contributed by atoms with Gasteiger partial charge in [-0.05, 0) is 41.5 Å². The molecule has 0 aliphatic carbocycles. The summed E-state index contributed by atoms with van der Waals surface area (Å²) in [6.45, 7) is 0.631. The third kappa shape index (κ3) is 3.40. The summed E-state index contributed by atoms with van der Waals surface area (Å²) in [6.07, 6.45) is 1.03. The second-order valence-electron chi connectivity index (χ2n) is 4.80. The summed E-state index contributed by atoms with van der Waals surface area (Å²) in [5.41, 5.74) is 2.18. The Morgan fingerprint density at radius 3 is 3.05 bits per heavy atom. The highest BCUT2D eigenvalue weighted by molar-refractivity contribution is 7.99. The van der Waals surface area contributed by atoms with Crippen molar-refractivity contribution < 1.29 is 4.92 Å². The maximum absolute atomic E-state index is 10.7. The van der Waals surface area contributed by atoms with Gasteiger partial charge in [-0.15, -0.1) is 11.8 Å². The Morgan fingerprint density at radius 2 is 2.29 bits per heavy atom. The van der Waals surface area contributed by atoms with Gasteiger partial charge in [0, 0.05) is 34.0 Å². The molecule has 1 aromatic heterocycles. The van der Waals surface area contributed by atoms with Gasteiger partial charge >= 0.3 is 5.00 Å². The topological polar surface area (TPSA) is 55.2 Å². The van der Waals surface area contributed by atoms with Crippen LogP contribution in [0.15, 0.2) is 34.5 Å². The predicted molar refractivity (Wildman–Crippen MR) is 87.3 cm³/mol. The van der Waals surface area contributed by atoms with E-state index in [1.807, 2.05) is 29.3 Å². The molecular weight excluding hydrogens is 328 g/mol. The van der Waals surface area contributed by atoms with Crippen LogP contribution in [0.2, 0.25) is 5.02 Å². The molecule has 1 aliphatic heterocycles. The van der Waals surface area contributed by atoms with Crippen LogP contribution < -0.4 is 5.32 Å². The second-order valence-corrected chi connectivity index (χ2v) is 7.27. The Labute approximate surface area is 135 Å². The minimum Gasteiger partial charge on any atom is -0.306 e. The number of hydrogen-bond acceptors (Lipinski definition) is 5. The van der Waals surface area contributed by atoms with Gasteiger partial charge in [-0.2, -0.15) is 0 Å². The standard InChI is InChI=1S/C14H13ClN2O2S2/c15-10-1-2-13-11(6-10)12(3-4-20-13)16-7-9-5-14(17(18)19)21-8-9/h1-2,5-6,8,12,16H,3-4,7H2. The summed E-state index contributed by atoms with van der Waals surface area (Å²) in [5, 5.41) is 17.0. The van der Waals surface area contributed by atoms with E-state index in [1.165, 1.54) is 21.8 Å². The zero-order valence-corrected chi connectivity index (χ0v) is 13.4. The van der Waals surface area contributed by atoms with Crippen LogP contribution in [0.3, 0.4) is 0 Å². The highest BCUT2D eigenvalue weighted by Crippen LogP contribution is 2.37. The summed E-state index contributed by atoms with van der Waals surface area (Å²) < 4.78 is 0. The van der Waals surface area contributed by atoms with Crippen molar-refractivity contribution in [3.63, 3.8) is 0 Å². The first kappa shape index (κ1) is 14.8. The van der Waals surface area contributed by atoms with Crippen molar-refractivity contribution in [2.24, 2.45) is 0 Å². The number of thiophene rings is 1. The highest BCUT2D eigenvalue weighted by atomic mass is 35.5. The third-order valence-electron chi connectivity index (χ3n) is 3.38. The van der Waals surface area contributed by atoms with Gasteiger partial charge in [-0.25, -0.2) is 0 Å². The predicted octanol–water partition coefficient (Wildman–Crippen LogP) is 4.64. The van der Waals surface area contributed by atoms with Gasteiger partial charge in [0.2, 0.25) is 0 Å². The summed E-state index contributed by atoms with van der Waals surface area (Å²) in [7, 11) is 0. The minimum atomic E-state index is -0.347. The molecule has 1 aliphatic rings. The van der Waals surface area contributed by atoms with E-state index >= 15 is 0 Å². The summed E-state index contributed by atoms with van der Waals surface area (Å²) in [6, 6.07) is 7.87. The molecule has 1 unspecified atom stereocenters. The monoisotopic (exact) mass is 340 g/mol. The van der Waals surface area contributed by atoms with Crippen molar-refractivity contribution in [1.82, 2.24) is 5.32 Å². The molecule has 1 N–H and O–H groups in total. The Bertz CT molecular complexity index is 675. The molecule has 21 heavy (non-hydrogen) atoms. The van der Waals surface area contributed by atoms with Gasteiger partial charge in [0.05, 0.1) is 4.92 Å². The number of halogens is 1. The van der Waals surface area contributed by atoms with E-state index in [4.69, 9.17) is 11.6 Å². The Kier molecular flexibility index (Phi) is 4.49. The maximum Gasteiger partial charge on any atom is 0.324 e. The van der Waals surface area contributed by atoms with Crippen molar-refractivity contribution in [3.8, 4) is 0 Å². The number of hydrogen-bond donors (Lipinski definition) is 1. The summed E-state index contributed by atoms with van der Waals surface area (Å²) >= 11 is 9.10. The molecule has 1 aromatic carbocycles. The zero-order chi connectivity index (χ0) is 14.8. The molecule has 1 atom stereocenters. The fourth-order valence-electron chi connectivity index (χ4n) is 2.37. The molecule has 110 valence electrons. The fourth-order valence-corrected chi connectivity index (χ4v) is 4.38. The number of thioether (sulfide) groups is 1. The fraction of sp³-hybridized carbons (Fsp3) is 0.286. The molecule has 2 heterocycles. The molecule has 0 radical (unpaired) electrons. The zero-order valence-electron chi connectivity index (χ0n) is 11.0. The van der Waals surface area contributed by atoms with E-state index in [0.29, 0.717) is 6.54 Å². The molecule has 0 fully saturated rings. The maximum atomic E-state index is 10.7. The van der Waals surface area contributed by atoms with E-state index in [0.717, 1.165) is 22.8 Å². The lowest BCUT2D eigenvalue weighted by Gasteiger charge is -2.26. The third-order valence-corrected chi connectivity index (χ3v) is 5.67. The molecule has 2 aromatic rings. The Balaban J connectivity index is 1.71. The molecule has 7 heteroatoms. The minimum absolute atomic E-state index is 0.189. The number of rotatable bonds is 4. The van der Waals surface area contributed by atoms with Crippen molar-refractivity contribution >= 4 is 39.7 Å². The van der Waals surface area contributed by atoms with Crippen LogP contribution in [0.5, 0.6) is 0 Å². The van der Waals surface area contributed by atoms with Crippen LogP contribution in [-0.4, -0.2) is 10.7 Å². The van der Waals surface area contributed by atoms with E-state index in [1.54, 1.807) is 6.07 Å². The van der Waals surface area contributed by atoms with Crippen molar-refractivity contribution in [3.05, 3.63) is 55.9 Å². The molecule has 0 bridgehead atoms. The molecule has 0 amide bonds. The lowest BCUT2D eigenvalue weighted by atomic mass is 10.0. The van der Waals surface area contributed by atoms with Crippen molar-refractivity contribution in [2.75, 3.05) is 5.75 Å². The first-order valence-corrected chi connectivity index (χ1v) is 8.75.